The van der Waals surface area contributed by atoms with Crippen LogP contribution < -0.4 is 0 Å². The Hall–Kier alpha value is -1.21. The maximum Gasteiger partial charge on any atom is 0.127 e. The smallest absolute Gasteiger partial charge is 0.127 e. The first-order valence-corrected chi connectivity index (χ1v) is 5.15. The van der Waals surface area contributed by atoms with Gasteiger partial charge in [0.2, 0.25) is 0 Å². The fourth-order valence-electron chi connectivity index (χ4n) is 1.44. The van der Waals surface area contributed by atoms with Crippen LogP contribution in [0.15, 0.2) is 53.5 Å². The molecule has 0 saturated carbocycles. The molecule has 0 aromatic heterocycles. The molecule has 0 amide bonds. The Morgan fingerprint density at radius 3 is 2.41 bits per heavy atom. The predicted octanol–water partition coefficient (Wildman–Crippen LogP) is 3.45. The third-order valence-corrected chi connectivity index (χ3v) is 2.38. The van der Waals surface area contributed by atoms with E-state index in [4.69, 9.17) is 0 Å². The molecule has 2 nitrogen and oxygen atoms in total. The van der Waals surface area contributed by atoms with Crippen molar-refractivity contribution >= 4 is 11.9 Å². The van der Waals surface area contributed by atoms with Gasteiger partial charge in [-0.2, -0.15) is 0 Å². The van der Waals surface area contributed by atoms with Crippen LogP contribution >= 0.6 is 0 Å². The van der Waals surface area contributed by atoms with E-state index in [2.05, 4.69) is 4.99 Å². The molecule has 0 bridgehead atoms. The molecule has 0 radical (unpaired) electrons. The Labute approximate surface area is 120 Å². The molecule has 0 fully saturated rings. The van der Waals surface area contributed by atoms with Gasteiger partial charge in [0.05, 0.1) is 5.69 Å². The van der Waals surface area contributed by atoms with E-state index in [1.54, 1.807) is 6.21 Å². The van der Waals surface area contributed by atoms with Gasteiger partial charge in [0.15, 0.2) is 0 Å². The Balaban J connectivity index is 0.00000144. The second-order valence-electron chi connectivity index (χ2n) is 3.61. The molecule has 0 unspecified atom stereocenters. The number of hydrogen-bond acceptors (Lipinski definition) is 2. The Morgan fingerprint density at radius 1 is 1.00 bits per heavy atom. The van der Waals surface area contributed by atoms with E-state index in [1.807, 2.05) is 55.5 Å². The van der Waals surface area contributed by atoms with E-state index in [0.29, 0.717) is 5.75 Å². The van der Waals surface area contributed by atoms with Gasteiger partial charge in [-0.15, -0.1) is 0 Å². The van der Waals surface area contributed by atoms with Gasteiger partial charge in [0, 0.05) is 38.0 Å². The number of benzene rings is 2. The summed E-state index contributed by atoms with van der Waals surface area (Å²) >= 11 is 0. The van der Waals surface area contributed by atoms with Crippen molar-refractivity contribution in [3.63, 3.8) is 0 Å². The predicted molar refractivity (Wildman–Crippen MR) is 66.5 cm³/mol. The van der Waals surface area contributed by atoms with E-state index < -0.39 is 0 Å². The van der Waals surface area contributed by atoms with Crippen LogP contribution in [0.4, 0.5) is 5.69 Å². The number of hydrogen-bond donors (Lipinski definition) is 1. The number of phenolic OH excluding ortho intramolecular Hbond substituents is 1. The summed E-state index contributed by atoms with van der Waals surface area (Å²) in [4.78, 5) is 4.29. The number of rotatable bonds is 2. The molecule has 0 aliphatic heterocycles. The number of aliphatic imine (C=N–C) groups is 1. The molecule has 0 heterocycles. The number of aromatic hydroxyl groups is 1. The van der Waals surface area contributed by atoms with Crippen molar-refractivity contribution in [2.45, 2.75) is 6.92 Å². The summed E-state index contributed by atoms with van der Waals surface area (Å²) in [6.07, 6.45) is 1.68. The molecule has 0 spiro atoms. The van der Waals surface area contributed by atoms with Crippen molar-refractivity contribution in [2.24, 2.45) is 4.99 Å². The summed E-state index contributed by atoms with van der Waals surface area (Å²) in [5, 5.41) is 9.78. The number of para-hydroxylation sites is 2. The van der Waals surface area contributed by atoms with Crippen LogP contribution in [0.1, 0.15) is 11.1 Å². The molecule has 3 heteroatoms. The van der Waals surface area contributed by atoms with Crippen molar-refractivity contribution in [1.82, 2.24) is 0 Å². The molecular formula is C14H13NOZr. The third-order valence-electron chi connectivity index (χ3n) is 2.38. The molecule has 0 aliphatic carbocycles. The van der Waals surface area contributed by atoms with E-state index in [0.717, 1.165) is 16.8 Å². The first kappa shape index (κ1) is 13.9. The zero-order valence-corrected chi connectivity index (χ0v) is 12.0. The van der Waals surface area contributed by atoms with Crippen LogP contribution in [-0.2, 0) is 26.2 Å². The standard InChI is InChI=1S/C14H13NO.Zr/c1-11-6-5-7-12(14(11)16)10-15-13-8-3-2-4-9-13;/h2-10,16H,1H3;. The van der Waals surface area contributed by atoms with Gasteiger partial charge in [0.25, 0.3) is 0 Å². The quantitative estimate of drug-likeness (QED) is 0.847. The fourth-order valence-corrected chi connectivity index (χ4v) is 1.44. The van der Waals surface area contributed by atoms with Gasteiger partial charge in [0.1, 0.15) is 5.75 Å². The molecule has 2 rings (SSSR count). The summed E-state index contributed by atoms with van der Waals surface area (Å²) in [6.45, 7) is 1.87. The summed E-state index contributed by atoms with van der Waals surface area (Å²) in [5.41, 5.74) is 2.48. The zero-order chi connectivity index (χ0) is 11.4. The minimum atomic E-state index is 0. The summed E-state index contributed by atoms with van der Waals surface area (Å²) in [7, 11) is 0. The van der Waals surface area contributed by atoms with Crippen LogP contribution in [-0.4, -0.2) is 11.3 Å². The van der Waals surface area contributed by atoms with Crippen LogP contribution in [0.5, 0.6) is 5.75 Å². The molecule has 1 N–H and O–H groups in total. The van der Waals surface area contributed by atoms with Gasteiger partial charge in [-0.25, -0.2) is 0 Å². The SMILES string of the molecule is Cc1cccc(C=Nc2ccccc2)c1O.[Zr]. The molecule has 0 saturated heterocycles. The van der Waals surface area contributed by atoms with Gasteiger partial charge < -0.3 is 5.11 Å². The van der Waals surface area contributed by atoms with Crippen LogP contribution in [0, 0.1) is 6.92 Å². The molecule has 84 valence electrons. The van der Waals surface area contributed by atoms with Crippen LogP contribution in [0.2, 0.25) is 0 Å². The second-order valence-corrected chi connectivity index (χ2v) is 3.61. The monoisotopic (exact) mass is 301 g/mol. The van der Waals surface area contributed by atoms with Gasteiger partial charge in [-0.3, -0.25) is 4.99 Å². The van der Waals surface area contributed by atoms with Gasteiger partial charge in [-0.05, 0) is 30.7 Å². The molecular weight excluding hydrogens is 289 g/mol. The summed E-state index contributed by atoms with van der Waals surface area (Å²) < 4.78 is 0. The van der Waals surface area contributed by atoms with Gasteiger partial charge >= 0.3 is 0 Å². The third kappa shape index (κ3) is 3.64. The minimum Gasteiger partial charge on any atom is -0.507 e. The molecule has 2 aromatic carbocycles. The van der Waals surface area contributed by atoms with E-state index >= 15 is 0 Å². The Bertz CT molecular complexity index is 509. The Kier molecular flexibility index (Phi) is 5.31. The molecule has 0 atom stereocenters. The first-order chi connectivity index (χ1) is 7.77. The fraction of sp³-hybridized carbons (Fsp3) is 0.0714. The van der Waals surface area contributed by atoms with Crippen molar-refractivity contribution in [1.29, 1.82) is 0 Å². The maximum atomic E-state index is 9.78. The zero-order valence-electron chi connectivity index (χ0n) is 9.59. The second kappa shape index (κ2) is 6.51. The summed E-state index contributed by atoms with van der Waals surface area (Å²) in [5.74, 6) is 0.294. The van der Waals surface area contributed by atoms with E-state index in [1.165, 1.54) is 0 Å². The van der Waals surface area contributed by atoms with E-state index in [-0.39, 0.29) is 26.2 Å². The topological polar surface area (TPSA) is 32.6 Å². The van der Waals surface area contributed by atoms with Crippen molar-refractivity contribution in [2.75, 3.05) is 0 Å². The number of nitrogens with zero attached hydrogens (tertiary/aromatic N) is 1. The minimum absolute atomic E-state index is 0. The average molecular weight is 302 g/mol. The molecule has 17 heavy (non-hydrogen) atoms. The van der Waals surface area contributed by atoms with Crippen LogP contribution in [0.3, 0.4) is 0 Å². The Morgan fingerprint density at radius 2 is 1.71 bits per heavy atom. The molecule has 0 aliphatic rings. The normalized spacial score (nSPS) is 10.2. The van der Waals surface area contributed by atoms with Crippen LogP contribution in [0.25, 0.3) is 0 Å². The van der Waals surface area contributed by atoms with Gasteiger partial charge in [-0.1, -0.05) is 30.3 Å². The van der Waals surface area contributed by atoms with Crippen molar-refractivity contribution in [3.05, 3.63) is 59.7 Å². The average Bonchev–Trinajstić information content (AvgIpc) is 2.32. The number of aryl methyl sites for hydroxylation is 1. The molecule has 2 aromatic rings. The van der Waals surface area contributed by atoms with Crippen molar-refractivity contribution < 1.29 is 31.3 Å². The van der Waals surface area contributed by atoms with E-state index in [9.17, 15) is 5.11 Å². The summed E-state index contributed by atoms with van der Waals surface area (Å²) in [6, 6.07) is 15.3. The van der Waals surface area contributed by atoms with Crippen molar-refractivity contribution in [3.8, 4) is 5.75 Å². The maximum absolute atomic E-state index is 9.78. The first-order valence-electron chi connectivity index (χ1n) is 5.15. The largest absolute Gasteiger partial charge is 0.507 e. The number of phenols is 1.